The average Bonchev–Trinajstić information content (AvgIpc) is 2.68. The van der Waals surface area contributed by atoms with Crippen molar-refractivity contribution in [3.63, 3.8) is 0 Å². The molecule has 3 aromatic rings. The lowest BCUT2D eigenvalue weighted by molar-refractivity contribution is -0.111. The number of hydrogen-bond donors (Lipinski definition) is 2. The molecule has 0 saturated carbocycles. The molecular weight excluding hydrogens is 348 g/mol. The molecule has 0 unspecified atom stereocenters. The molecule has 0 fully saturated rings. The van der Waals surface area contributed by atoms with E-state index in [-0.39, 0.29) is 5.91 Å². The lowest BCUT2D eigenvalue weighted by Gasteiger charge is -2.07. The Labute approximate surface area is 165 Å². The summed E-state index contributed by atoms with van der Waals surface area (Å²) in [5, 5.41) is 6.07. The summed E-state index contributed by atoms with van der Waals surface area (Å²) in [7, 11) is 0. The molecule has 1 aromatic heterocycles. The predicted octanol–water partition coefficient (Wildman–Crippen LogP) is 5.30. The SMILES string of the molecule is Cc1cc(Nc2ccc(NC(=O)/C=C/c3ccc(C(C)C)cc3)cc2)ncn1. The first-order chi connectivity index (χ1) is 13.5. The largest absolute Gasteiger partial charge is 0.340 e. The number of nitrogens with zero attached hydrogens (tertiary/aromatic N) is 2. The van der Waals surface area contributed by atoms with Crippen molar-refractivity contribution >= 4 is 29.2 Å². The predicted molar refractivity (Wildman–Crippen MR) is 115 cm³/mol. The first-order valence-electron chi connectivity index (χ1n) is 9.24. The van der Waals surface area contributed by atoms with E-state index in [1.165, 1.54) is 11.9 Å². The van der Waals surface area contributed by atoms with Gasteiger partial charge in [-0.3, -0.25) is 4.79 Å². The van der Waals surface area contributed by atoms with Crippen LogP contribution in [0.5, 0.6) is 0 Å². The molecule has 0 bridgehead atoms. The maximum atomic E-state index is 12.1. The number of carbonyl (C=O) groups excluding carboxylic acids is 1. The Kier molecular flexibility index (Phi) is 6.17. The molecule has 5 heteroatoms. The highest BCUT2D eigenvalue weighted by Crippen LogP contribution is 2.18. The number of nitrogens with one attached hydrogen (secondary N) is 2. The zero-order valence-corrected chi connectivity index (χ0v) is 16.3. The highest BCUT2D eigenvalue weighted by molar-refractivity contribution is 6.02. The van der Waals surface area contributed by atoms with Crippen molar-refractivity contribution in [2.24, 2.45) is 0 Å². The topological polar surface area (TPSA) is 66.9 Å². The maximum Gasteiger partial charge on any atom is 0.248 e. The third kappa shape index (κ3) is 5.51. The van der Waals surface area contributed by atoms with Crippen LogP contribution in [-0.4, -0.2) is 15.9 Å². The number of aromatic nitrogens is 2. The smallest absolute Gasteiger partial charge is 0.248 e. The summed E-state index contributed by atoms with van der Waals surface area (Å²) in [6.45, 7) is 6.24. The standard InChI is InChI=1S/C23H24N4O/c1-16(2)19-7-4-18(5-8-19)6-13-23(28)27-21-11-9-20(10-12-21)26-22-14-17(3)24-15-25-22/h4-16H,1-3H3,(H,27,28)(H,24,25,26)/b13-6+. The molecule has 3 rings (SSSR count). The number of aryl methyl sites for hydroxylation is 1. The summed E-state index contributed by atoms with van der Waals surface area (Å²) in [6, 6.07) is 17.6. The number of hydrogen-bond acceptors (Lipinski definition) is 4. The number of rotatable bonds is 6. The Balaban J connectivity index is 1.56. The van der Waals surface area contributed by atoms with E-state index in [1.54, 1.807) is 6.08 Å². The minimum absolute atomic E-state index is 0.167. The summed E-state index contributed by atoms with van der Waals surface area (Å²) >= 11 is 0. The normalized spacial score (nSPS) is 11.0. The van der Waals surface area contributed by atoms with Crippen LogP contribution < -0.4 is 10.6 Å². The van der Waals surface area contributed by atoms with Gasteiger partial charge in [0.25, 0.3) is 0 Å². The van der Waals surface area contributed by atoms with Gasteiger partial charge >= 0.3 is 0 Å². The van der Waals surface area contributed by atoms with Gasteiger partial charge in [-0.2, -0.15) is 0 Å². The van der Waals surface area contributed by atoms with Crippen LogP contribution in [0, 0.1) is 6.92 Å². The van der Waals surface area contributed by atoms with E-state index in [2.05, 4.69) is 46.6 Å². The van der Waals surface area contributed by atoms with E-state index < -0.39 is 0 Å². The Morgan fingerprint density at radius 3 is 2.29 bits per heavy atom. The molecule has 28 heavy (non-hydrogen) atoms. The van der Waals surface area contributed by atoms with Gasteiger partial charge in [0.2, 0.25) is 5.91 Å². The van der Waals surface area contributed by atoms with E-state index >= 15 is 0 Å². The molecule has 1 heterocycles. The maximum absolute atomic E-state index is 12.1. The molecule has 0 aliphatic carbocycles. The van der Waals surface area contributed by atoms with Crippen LogP contribution >= 0.6 is 0 Å². The summed E-state index contributed by atoms with van der Waals surface area (Å²) in [5.41, 5.74) is 4.80. The van der Waals surface area contributed by atoms with Crippen LogP contribution in [-0.2, 0) is 4.79 Å². The fourth-order valence-corrected chi connectivity index (χ4v) is 2.66. The lowest BCUT2D eigenvalue weighted by Crippen LogP contribution is -2.07. The van der Waals surface area contributed by atoms with Crippen molar-refractivity contribution in [3.05, 3.63) is 83.8 Å². The molecule has 142 valence electrons. The van der Waals surface area contributed by atoms with E-state index in [0.717, 1.165) is 28.5 Å². The second-order valence-corrected chi connectivity index (χ2v) is 6.89. The van der Waals surface area contributed by atoms with Crippen LogP contribution in [0.2, 0.25) is 0 Å². The monoisotopic (exact) mass is 372 g/mol. The highest BCUT2D eigenvalue weighted by Gasteiger charge is 2.01. The Hall–Kier alpha value is -3.47. The average molecular weight is 372 g/mol. The molecule has 0 radical (unpaired) electrons. The van der Waals surface area contributed by atoms with Crippen molar-refractivity contribution in [1.29, 1.82) is 0 Å². The van der Waals surface area contributed by atoms with Crippen molar-refractivity contribution in [2.45, 2.75) is 26.7 Å². The van der Waals surface area contributed by atoms with Crippen molar-refractivity contribution in [3.8, 4) is 0 Å². The van der Waals surface area contributed by atoms with E-state index in [0.29, 0.717) is 5.92 Å². The van der Waals surface area contributed by atoms with E-state index in [4.69, 9.17) is 0 Å². The van der Waals surface area contributed by atoms with Gasteiger partial charge in [0, 0.05) is 29.2 Å². The van der Waals surface area contributed by atoms with Crippen LogP contribution in [0.3, 0.4) is 0 Å². The van der Waals surface area contributed by atoms with Crippen LogP contribution in [0.25, 0.3) is 6.08 Å². The molecule has 0 saturated heterocycles. The number of amides is 1. The molecule has 1 amide bonds. The van der Waals surface area contributed by atoms with E-state index in [1.807, 2.05) is 55.5 Å². The van der Waals surface area contributed by atoms with Crippen LogP contribution in [0.4, 0.5) is 17.2 Å². The molecule has 0 atom stereocenters. The molecule has 2 aromatic carbocycles. The third-order valence-corrected chi connectivity index (χ3v) is 4.26. The quantitative estimate of drug-likeness (QED) is 0.576. The summed E-state index contributed by atoms with van der Waals surface area (Å²) in [4.78, 5) is 20.4. The van der Waals surface area contributed by atoms with Crippen molar-refractivity contribution in [2.75, 3.05) is 10.6 Å². The Morgan fingerprint density at radius 1 is 0.964 bits per heavy atom. The van der Waals surface area contributed by atoms with Gasteiger partial charge in [0.1, 0.15) is 12.1 Å². The molecule has 0 aliphatic rings. The van der Waals surface area contributed by atoms with Gasteiger partial charge in [-0.25, -0.2) is 9.97 Å². The van der Waals surface area contributed by atoms with Gasteiger partial charge in [-0.05, 0) is 54.3 Å². The summed E-state index contributed by atoms with van der Waals surface area (Å²) in [6.07, 6.45) is 4.88. The Bertz CT molecular complexity index is 961. The third-order valence-electron chi connectivity index (χ3n) is 4.26. The zero-order chi connectivity index (χ0) is 19.9. The molecule has 2 N–H and O–H groups in total. The van der Waals surface area contributed by atoms with Crippen molar-refractivity contribution < 1.29 is 4.79 Å². The minimum Gasteiger partial charge on any atom is -0.340 e. The Morgan fingerprint density at radius 2 is 1.64 bits per heavy atom. The summed E-state index contributed by atoms with van der Waals surface area (Å²) in [5.74, 6) is 1.06. The molecule has 5 nitrogen and oxygen atoms in total. The number of anilines is 3. The van der Waals surface area contributed by atoms with Crippen LogP contribution in [0.15, 0.2) is 67.0 Å². The van der Waals surface area contributed by atoms with Gasteiger partial charge in [0.05, 0.1) is 0 Å². The number of carbonyl (C=O) groups is 1. The number of benzene rings is 2. The minimum atomic E-state index is -0.167. The van der Waals surface area contributed by atoms with Gasteiger partial charge < -0.3 is 10.6 Å². The molecular formula is C23H24N4O. The first-order valence-corrected chi connectivity index (χ1v) is 9.24. The fraction of sp³-hybridized carbons (Fsp3) is 0.174. The van der Waals surface area contributed by atoms with Gasteiger partial charge in [0.15, 0.2) is 0 Å². The lowest BCUT2D eigenvalue weighted by atomic mass is 10.0. The van der Waals surface area contributed by atoms with Gasteiger partial charge in [-0.15, -0.1) is 0 Å². The van der Waals surface area contributed by atoms with Gasteiger partial charge in [-0.1, -0.05) is 38.1 Å². The fourth-order valence-electron chi connectivity index (χ4n) is 2.66. The van der Waals surface area contributed by atoms with E-state index in [9.17, 15) is 4.79 Å². The second-order valence-electron chi connectivity index (χ2n) is 6.89. The zero-order valence-electron chi connectivity index (χ0n) is 16.3. The molecule has 0 spiro atoms. The highest BCUT2D eigenvalue weighted by atomic mass is 16.1. The second kappa shape index (κ2) is 8.95. The van der Waals surface area contributed by atoms with Crippen molar-refractivity contribution in [1.82, 2.24) is 9.97 Å². The molecule has 0 aliphatic heterocycles. The van der Waals surface area contributed by atoms with Crippen LogP contribution in [0.1, 0.15) is 36.6 Å². The first kappa shape index (κ1) is 19.3. The summed E-state index contributed by atoms with van der Waals surface area (Å²) < 4.78 is 0.